The smallest absolute Gasteiger partial charge is 0.0802 e. The molecule has 0 heterocycles. The van der Waals surface area contributed by atoms with Crippen LogP contribution in [0.2, 0.25) is 0 Å². The van der Waals surface area contributed by atoms with E-state index in [0.29, 0.717) is 13.2 Å². The van der Waals surface area contributed by atoms with Crippen LogP contribution in [0.4, 0.5) is 0 Å². The minimum atomic E-state index is 0.113. The standard InChI is InChI=1S/C16H27NO/c1-11-9-14(16(4,5)6)10-12(2)15(11)13(3)18-8-7-17/h9-10,13H,7-8,17H2,1-6H3. The molecule has 1 aromatic carbocycles. The molecule has 1 aromatic rings. The molecular weight excluding hydrogens is 222 g/mol. The van der Waals surface area contributed by atoms with Crippen LogP contribution < -0.4 is 5.73 Å². The van der Waals surface area contributed by atoms with E-state index >= 15 is 0 Å². The van der Waals surface area contributed by atoms with Gasteiger partial charge < -0.3 is 10.5 Å². The van der Waals surface area contributed by atoms with Crippen LogP contribution in [0.1, 0.15) is 56.1 Å². The molecule has 0 aromatic heterocycles. The van der Waals surface area contributed by atoms with E-state index in [9.17, 15) is 0 Å². The second-order valence-corrected chi connectivity index (χ2v) is 6.08. The van der Waals surface area contributed by atoms with Crippen molar-refractivity contribution in [2.24, 2.45) is 5.73 Å². The lowest BCUT2D eigenvalue weighted by Gasteiger charge is -2.24. The Morgan fingerprint density at radius 3 is 2.06 bits per heavy atom. The zero-order valence-electron chi connectivity index (χ0n) is 12.6. The summed E-state index contributed by atoms with van der Waals surface area (Å²) in [4.78, 5) is 0. The van der Waals surface area contributed by atoms with Gasteiger partial charge in [-0.1, -0.05) is 32.9 Å². The van der Waals surface area contributed by atoms with Gasteiger partial charge in [0.15, 0.2) is 0 Å². The average molecular weight is 249 g/mol. The van der Waals surface area contributed by atoms with Crippen molar-refractivity contribution in [3.8, 4) is 0 Å². The average Bonchev–Trinajstić information content (AvgIpc) is 2.24. The van der Waals surface area contributed by atoms with Crippen LogP contribution in [0, 0.1) is 13.8 Å². The van der Waals surface area contributed by atoms with Gasteiger partial charge in [-0.2, -0.15) is 0 Å². The summed E-state index contributed by atoms with van der Waals surface area (Å²) in [6.07, 6.45) is 0.113. The number of ether oxygens (including phenoxy) is 1. The van der Waals surface area contributed by atoms with Gasteiger partial charge in [0, 0.05) is 6.54 Å². The summed E-state index contributed by atoms with van der Waals surface area (Å²) in [6.45, 7) is 14.4. The van der Waals surface area contributed by atoms with Crippen molar-refractivity contribution in [3.63, 3.8) is 0 Å². The second-order valence-electron chi connectivity index (χ2n) is 6.08. The van der Waals surface area contributed by atoms with Crippen LogP contribution in [0.3, 0.4) is 0 Å². The maximum Gasteiger partial charge on any atom is 0.0802 e. The van der Waals surface area contributed by atoms with E-state index in [2.05, 4.69) is 53.7 Å². The summed E-state index contributed by atoms with van der Waals surface area (Å²) >= 11 is 0. The number of rotatable bonds is 4. The quantitative estimate of drug-likeness (QED) is 0.884. The Kier molecular flexibility index (Phi) is 4.94. The highest BCUT2D eigenvalue weighted by Gasteiger charge is 2.18. The lowest BCUT2D eigenvalue weighted by atomic mass is 9.83. The number of hydrogen-bond acceptors (Lipinski definition) is 2. The molecule has 0 amide bonds. The van der Waals surface area contributed by atoms with Crippen molar-refractivity contribution in [3.05, 3.63) is 34.4 Å². The number of nitrogens with two attached hydrogens (primary N) is 1. The molecule has 2 N–H and O–H groups in total. The Balaban J connectivity index is 3.09. The van der Waals surface area contributed by atoms with Gasteiger partial charge in [0.05, 0.1) is 12.7 Å². The van der Waals surface area contributed by atoms with Crippen molar-refractivity contribution in [1.82, 2.24) is 0 Å². The molecule has 2 nitrogen and oxygen atoms in total. The molecule has 0 saturated carbocycles. The van der Waals surface area contributed by atoms with E-state index < -0.39 is 0 Å². The van der Waals surface area contributed by atoms with E-state index in [0.717, 1.165) is 0 Å². The van der Waals surface area contributed by atoms with Crippen LogP contribution in [-0.2, 0) is 10.2 Å². The van der Waals surface area contributed by atoms with Crippen LogP contribution >= 0.6 is 0 Å². The summed E-state index contributed by atoms with van der Waals surface area (Å²) in [5.74, 6) is 0. The van der Waals surface area contributed by atoms with Gasteiger partial charge in [-0.15, -0.1) is 0 Å². The van der Waals surface area contributed by atoms with Crippen LogP contribution in [0.5, 0.6) is 0 Å². The predicted molar refractivity (Wildman–Crippen MR) is 78.0 cm³/mol. The van der Waals surface area contributed by atoms with Crippen molar-refractivity contribution in [2.75, 3.05) is 13.2 Å². The van der Waals surface area contributed by atoms with Gasteiger partial charge in [0.2, 0.25) is 0 Å². The molecule has 0 bridgehead atoms. The largest absolute Gasteiger partial charge is 0.372 e. The van der Waals surface area contributed by atoms with Gasteiger partial charge in [-0.05, 0) is 48.4 Å². The first-order chi connectivity index (χ1) is 8.27. The third kappa shape index (κ3) is 3.56. The first-order valence-electron chi connectivity index (χ1n) is 6.70. The zero-order chi connectivity index (χ0) is 13.9. The van der Waals surface area contributed by atoms with Crippen molar-refractivity contribution in [2.45, 2.75) is 53.1 Å². The summed E-state index contributed by atoms with van der Waals surface area (Å²) in [5.41, 5.74) is 11.0. The van der Waals surface area contributed by atoms with Gasteiger partial charge in [0.25, 0.3) is 0 Å². The summed E-state index contributed by atoms with van der Waals surface area (Å²) in [6, 6.07) is 4.56. The normalized spacial score (nSPS) is 13.7. The topological polar surface area (TPSA) is 35.2 Å². The molecular formula is C16H27NO. The molecule has 0 aliphatic heterocycles. The summed E-state index contributed by atoms with van der Waals surface area (Å²) in [5, 5.41) is 0. The number of benzene rings is 1. The molecule has 0 aliphatic rings. The molecule has 1 atom stereocenters. The van der Waals surface area contributed by atoms with Gasteiger partial charge in [-0.3, -0.25) is 0 Å². The first-order valence-corrected chi connectivity index (χ1v) is 6.70. The summed E-state index contributed by atoms with van der Waals surface area (Å²) in [7, 11) is 0. The molecule has 1 unspecified atom stereocenters. The van der Waals surface area contributed by atoms with E-state index in [1.54, 1.807) is 0 Å². The van der Waals surface area contributed by atoms with E-state index in [-0.39, 0.29) is 11.5 Å². The van der Waals surface area contributed by atoms with Crippen molar-refractivity contribution < 1.29 is 4.74 Å². The highest BCUT2D eigenvalue weighted by molar-refractivity contribution is 5.41. The Labute approximate surface area is 112 Å². The van der Waals surface area contributed by atoms with E-state index in [1.165, 1.54) is 22.3 Å². The van der Waals surface area contributed by atoms with E-state index in [4.69, 9.17) is 10.5 Å². The Morgan fingerprint density at radius 1 is 1.17 bits per heavy atom. The minimum Gasteiger partial charge on any atom is -0.372 e. The third-order valence-electron chi connectivity index (χ3n) is 3.35. The molecule has 0 spiro atoms. The molecule has 1 rings (SSSR count). The summed E-state index contributed by atoms with van der Waals surface area (Å²) < 4.78 is 5.74. The molecule has 102 valence electrons. The van der Waals surface area contributed by atoms with Crippen LogP contribution in [0.15, 0.2) is 12.1 Å². The third-order valence-corrected chi connectivity index (χ3v) is 3.35. The maximum atomic E-state index is 5.74. The van der Waals surface area contributed by atoms with Gasteiger partial charge in [-0.25, -0.2) is 0 Å². The minimum absolute atomic E-state index is 0.113. The fraction of sp³-hybridized carbons (Fsp3) is 0.625. The highest BCUT2D eigenvalue weighted by atomic mass is 16.5. The van der Waals surface area contributed by atoms with Crippen LogP contribution in [-0.4, -0.2) is 13.2 Å². The highest BCUT2D eigenvalue weighted by Crippen LogP contribution is 2.30. The molecule has 18 heavy (non-hydrogen) atoms. The molecule has 0 saturated heterocycles. The van der Waals surface area contributed by atoms with Crippen molar-refractivity contribution in [1.29, 1.82) is 0 Å². The zero-order valence-corrected chi connectivity index (χ0v) is 12.6. The molecule has 0 fully saturated rings. The lowest BCUT2D eigenvalue weighted by Crippen LogP contribution is -2.15. The fourth-order valence-electron chi connectivity index (χ4n) is 2.38. The Hall–Kier alpha value is -0.860. The predicted octanol–water partition coefficient (Wildman–Crippen LogP) is 3.64. The molecule has 2 heteroatoms. The molecule has 0 aliphatic carbocycles. The van der Waals surface area contributed by atoms with Crippen LogP contribution in [0.25, 0.3) is 0 Å². The maximum absolute atomic E-state index is 5.74. The Bertz CT molecular complexity index is 381. The van der Waals surface area contributed by atoms with Gasteiger partial charge >= 0.3 is 0 Å². The molecule has 0 radical (unpaired) electrons. The lowest BCUT2D eigenvalue weighted by molar-refractivity contribution is 0.0709. The fourth-order valence-corrected chi connectivity index (χ4v) is 2.38. The number of hydrogen-bond donors (Lipinski definition) is 1. The van der Waals surface area contributed by atoms with Crippen molar-refractivity contribution >= 4 is 0 Å². The van der Waals surface area contributed by atoms with E-state index in [1.807, 2.05) is 0 Å². The first kappa shape index (κ1) is 15.2. The number of aryl methyl sites for hydroxylation is 2. The monoisotopic (exact) mass is 249 g/mol. The van der Waals surface area contributed by atoms with Gasteiger partial charge in [0.1, 0.15) is 0 Å². The SMILES string of the molecule is Cc1cc(C(C)(C)C)cc(C)c1C(C)OCCN. The second kappa shape index (κ2) is 5.85. The Morgan fingerprint density at radius 2 is 1.67 bits per heavy atom.